The molecule has 0 saturated carbocycles. The standard InChI is InChI=1S/C16H17BrClNO2/c1-11-3-2-4-14(7-11)21-10-13(20)9-19-16-6-5-12(17)8-15(16)18/h2-8,13,19-20H,9-10H2,1H3. The van der Waals surface area contributed by atoms with E-state index in [2.05, 4.69) is 21.2 Å². The molecule has 0 saturated heterocycles. The van der Waals surface area contributed by atoms with Crippen LogP contribution < -0.4 is 10.1 Å². The molecule has 5 heteroatoms. The van der Waals surface area contributed by atoms with Gasteiger partial charge in [0, 0.05) is 11.0 Å². The van der Waals surface area contributed by atoms with E-state index < -0.39 is 6.10 Å². The molecule has 21 heavy (non-hydrogen) atoms. The number of rotatable bonds is 6. The lowest BCUT2D eigenvalue weighted by atomic mass is 10.2. The Bertz CT molecular complexity index is 607. The summed E-state index contributed by atoms with van der Waals surface area (Å²) in [5, 5.41) is 13.7. The minimum Gasteiger partial charge on any atom is -0.491 e. The summed E-state index contributed by atoms with van der Waals surface area (Å²) in [6, 6.07) is 13.3. The Morgan fingerprint density at radius 3 is 2.81 bits per heavy atom. The lowest BCUT2D eigenvalue weighted by molar-refractivity contribution is 0.117. The van der Waals surface area contributed by atoms with Gasteiger partial charge in [-0.2, -0.15) is 0 Å². The van der Waals surface area contributed by atoms with E-state index in [4.69, 9.17) is 16.3 Å². The van der Waals surface area contributed by atoms with E-state index in [-0.39, 0.29) is 6.61 Å². The first-order valence-corrected chi connectivity index (χ1v) is 7.78. The van der Waals surface area contributed by atoms with Gasteiger partial charge in [0.25, 0.3) is 0 Å². The predicted octanol–water partition coefficient (Wildman–Crippen LogP) is 4.26. The summed E-state index contributed by atoms with van der Waals surface area (Å²) in [6.45, 7) is 2.60. The minimum absolute atomic E-state index is 0.227. The molecular weight excluding hydrogens is 354 g/mol. The van der Waals surface area contributed by atoms with Crippen LogP contribution in [0.2, 0.25) is 5.02 Å². The number of hydrogen-bond donors (Lipinski definition) is 2. The second-order valence-corrected chi connectivity index (χ2v) is 6.11. The average Bonchev–Trinajstić information content (AvgIpc) is 2.44. The number of hydrogen-bond acceptors (Lipinski definition) is 3. The molecule has 0 radical (unpaired) electrons. The lowest BCUT2D eigenvalue weighted by Gasteiger charge is -2.15. The van der Waals surface area contributed by atoms with Crippen molar-refractivity contribution in [3.05, 3.63) is 57.5 Å². The van der Waals surface area contributed by atoms with Crippen LogP contribution in [0.25, 0.3) is 0 Å². The van der Waals surface area contributed by atoms with Crippen LogP contribution in [0.4, 0.5) is 5.69 Å². The monoisotopic (exact) mass is 369 g/mol. The fourth-order valence-corrected chi connectivity index (χ4v) is 2.56. The van der Waals surface area contributed by atoms with E-state index >= 15 is 0 Å². The smallest absolute Gasteiger partial charge is 0.119 e. The number of aryl methyl sites for hydroxylation is 1. The molecule has 0 heterocycles. The SMILES string of the molecule is Cc1cccc(OCC(O)CNc2ccc(Br)cc2Cl)c1. The highest BCUT2D eigenvalue weighted by atomic mass is 79.9. The Balaban J connectivity index is 1.80. The topological polar surface area (TPSA) is 41.5 Å². The largest absolute Gasteiger partial charge is 0.491 e. The van der Waals surface area contributed by atoms with E-state index in [1.165, 1.54) is 0 Å². The Hall–Kier alpha value is -1.23. The van der Waals surface area contributed by atoms with Crippen LogP contribution in [0.15, 0.2) is 46.9 Å². The molecule has 0 amide bonds. The molecule has 112 valence electrons. The van der Waals surface area contributed by atoms with Gasteiger partial charge in [0.05, 0.1) is 10.7 Å². The second kappa shape index (κ2) is 7.69. The molecule has 0 spiro atoms. The summed E-state index contributed by atoms with van der Waals surface area (Å²) in [4.78, 5) is 0. The summed E-state index contributed by atoms with van der Waals surface area (Å²) < 4.78 is 6.47. The Kier molecular flexibility index (Phi) is 5.91. The number of aliphatic hydroxyl groups excluding tert-OH is 1. The molecule has 2 aromatic carbocycles. The van der Waals surface area contributed by atoms with Crippen molar-refractivity contribution in [2.75, 3.05) is 18.5 Å². The third-order valence-electron chi connectivity index (χ3n) is 2.89. The number of halogens is 2. The van der Waals surface area contributed by atoms with Crippen molar-refractivity contribution in [2.45, 2.75) is 13.0 Å². The lowest BCUT2D eigenvalue weighted by Crippen LogP contribution is -2.26. The zero-order valence-electron chi connectivity index (χ0n) is 11.6. The van der Waals surface area contributed by atoms with Crippen molar-refractivity contribution in [3.8, 4) is 5.75 Å². The van der Waals surface area contributed by atoms with Gasteiger partial charge in [-0.15, -0.1) is 0 Å². The molecule has 0 fully saturated rings. The number of nitrogens with one attached hydrogen (secondary N) is 1. The van der Waals surface area contributed by atoms with Gasteiger partial charge in [-0.1, -0.05) is 39.7 Å². The molecule has 2 rings (SSSR count). The molecule has 3 nitrogen and oxygen atoms in total. The first kappa shape index (κ1) is 16.1. The van der Waals surface area contributed by atoms with Crippen molar-refractivity contribution in [1.29, 1.82) is 0 Å². The van der Waals surface area contributed by atoms with Gasteiger partial charge in [0.1, 0.15) is 18.5 Å². The maximum atomic E-state index is 9.95. The highest BCUT2D eigenvalue weighted by Gasteiger charge is 2.07. The van der Waals surface area contributed by atoms with Gasteiger partial charge in [-0.3, -0.25) is 0 Å². The fourth-order valence-electron chi connectivity index (χ4n) is 1.82. The summed E-state index contributed by atoms with van der Waals surface area (Å²) in [5.41, 5.74) is 1.91. The van der Waals surface area contributed by atoms with Crippen LogP contribution in [0, 0.1) is 6.92 Å². The van der Waals surface area contributed by atoms with Crippen LogP contribution in [0.3, 0.4) is 0 Å². The van der Waals surface area contributed by atoms with Gasteiger partial charge < -0.3 is 15.2 Å². The average molecular weight is 371 g/mol. The number of aliphatic hydroxyl groups is 1. The normalized spacial score (nSPS) is 12.0. The van der Waals surface area contributed by atoms with E-state index in [1.807, 2.05) is 43.3 Å². The molecule has 1 atom stereocenters. The summed E-state index contributed by atoms with van der Waals surface area (Å²) in [5.74, 6) is 0.760. The maximum absolute atomic E-state index is 9.95. The van der Waals surface area contributed by atoms with Crippen LogP contribution in [-0.4, -0.2) is 24.4 Å². The van der Waals surface area contributed by atoms with Crippen LogP contribution >= 0.6 is 27.5 Å². The Morgan fingerprint density at radius 1 is 1.29 bits per heavy atom. The van der Waals surface area contributed by atoms with Crippen molar-refractivity contribution < 1.29 is 9.84 Å². The highest BCUT2D eigenvalue weighted by molar-refractivity contribution is 9.10. The van der Waals surface area contributed by atoms with Crippen molar-refractivity contribution in [2.24, 2.45) is 0 Å². The molecule has 1 unspecified atom stereocenters. The Morgan fingerprint density at radius 2 is 2.10 bits per heavy atom. The molecule has 0 bridgehead atoms. The van der Waals surface area contributed by atoms with Crippen molar-refractivity contribution in [1.82, 2.24) is 0 Å². The quantitative estimate of drug-likeness (QED) is 0.798. The molecule has 2 N–H and O–H groups in total. The third kappa shape index (κ3) is 5.23. The van der Waals surface area contributed by atoms with Crippen LogP contribution in [-0.2, 0) is 0 Å². The second-order valence-electron chi connectivity index (χ2n) is 4.79. The maximum Gasteiger partial charge on any atom is 0.119 e. The molecule has 0 aliphatic carbocycles. The number of ether oxygens (including phenoxy) is 1. The highest BCUT2D eigenvalue weighted by Crippen LogP contribution is 2.25. The minimum atomic E-state index is -0.620. The van der Waals surface area contributed by atoms with E-state index in [1.54, 1.807) is 6.07 Å². The van der Waals surface area contributed by atoms with Gasteiger partial charge in [-0.05, 0) is 42.8 Å². The molecular formula is C16H17BrClNO2. The van der Waals surface area contributed by atoms with Crippen LogP contribution in [0.1, 0.15) is 5.56 Å². The van der Waals surface area contributed by atoms with E-state index in [0.29, 0.717) is 11.6 Å². The molecule has 0 aliphatic rings. The third-order valence-corrected chi connectivity index (χ3v) is 3.70. The van der Waals surface area contributed by atoms with Crippen molar-refractivity contribution in [3.63, 3.8) is 0 Å². The van der Waals surface area contributed by atoms with Gasteiger partial charge >= 0.3 is 0 Å². The Labute approximate surface area is 138 Å². The first-order chi connectivity index (χ1) is 10.0. The summed E-state index contributed by atoms with van der Waals surface area (Å²) in [6.07, 6.45) is -0.620. The fraction of sp³-hybridized carbons (Fsp3) is 0.250. The molecule has 2 aromatic rings. The van der Waals surface area contributed by atoms with E-state index in [0.717, 1.165) is 21.5 Å². The molecule has 0 aliphatic heterocycles. The summed E-state index contributed by atoms with van der Waals surface area (Å²) >= 11 is 9.45. The van der Waals surface area contributed by atoms with Gasteiger partial charge in [-0.25, -0.2) is 0 Å². The number of benzene rings is 2. The number of anilines is 1. The zero-order valence-corrected chi connectivity index (χ0v) is 14.0. The zero-order chi connectivity index (χ0) is 15.2. The summed E-state index contributed by atoms with van der Waals surface area (Å²) in [7, 11) is 0. The van der Waals surface area contributed by atoms with Gasteiger partial charge in [0.15, 0.2) is 0 Å². The van der Waals surface area contributed by atoms with E-state index in [9.17, 15) is 5.11 Å². The molecule has 0 aromatic heterocycles. The van der Waals surface area contributed by atoms with Crippen LogP contribution in [0.5, 0.6) is 5.75 Å². The first-order valence-electron chi connectivity index (χ1n) is 6.61. The predicted molar refractivity (Wildman–Crippen MR) is 90.3 cm³/mol. The van der Waals surface area contributed by atoms with Crippen molar-refractivity contribution >= 4 is 33.2 Å². The van der Waals surface area contributed by atoms with Gasteiger partial charge in [0.2, 0.25) is 0 Å².